The Morgan fingerprint density at radius 1 is 1.09 bits per heavy atom. The third-order valence-electron chi connectivity index (χ3n) is 12.1. The Kier molecular flexibility index (Phi) is 7.47. The molecule has 0 amide bonds. The number of allylic oxidation sites excluding steroid dienone is 3. The minimum atomic E-state index is -1.70. The van der Waals surface area contributed by atoms with Crippen molar-refractivity contribution in [3.05, 3.63) is 23.8 Å². The molecule has 0 aromatic rings. The molecule has 0 saturated heterocycles. The molecule has 0 bridgehead atoms. The van der Waals surface area contributed by atoms with Crippen molar-refractivity contribution in [1.82, 2.24) is 0 Å². The lowest BCUT2D eigenvalue weighted by atomic mass is 9.47. The summed E-state index contributed by atoms with van der Waals surface area (Å²) >= 11 is 0. The van der Waals surface area contributed by atoms with Gasteiger partial charge in [-0.1, -0.05) is 65.3 Å². The first kappa shape index (κ1) is 26.7. The second kappa shape index (κ2) is 9.51. The zero-order valence-electron chi connectivity index (χ0n) is 24.2. The smallest absolute Gasteiger partial charge is 0.192 e. The molecule has 0 aromatic heterocycles. The molecule has 0 aliphatic heterocycles. The van der Waals surface area contributed by atoms with Crippen LogP contribution in [0.4, 0.5) is 0 Å². The maximum absolute atomic E-state index is 6.93. The molecule has 0 unspecified atom stereocenters. The highest BCUT2D eigenvalue weighted by Gasteiger charge is 2.59. The lowest BCUT2D eigenvalue weighted by Crippen LogP contribution is -2.52. The molecule has 2 heteroatoms. The van der Waals surface area contributed by atoms with Crippen LogP contribution in [0, 0.1) is 40.4 Å². The van der Waals surface area contributed by atoms with Gasteiger partial charge in [-0.3, -0.25) is 0 Å². The Labute approximate surface area is 213 Å². The van der Waals surface area contributed by atoms with Gasteiger partial charge in [0.05, 0.1) is 0 Å². The summed E-state index contributed by atoms with van der Waals surface area (Å²) in [4.78, 5) is 0. The van der Waals surface area contributed by atoms with Gasteiger partial charge < -0.3 is 4.43 Å². The number of hydrogen-bond acceptors (Lipinski definition) is 1. The third-order valence-corrected chi connectivity index (χ3v) is 16.6. The van der Waals surface area contributed by atoms with Gasteiger partial charge in [-0.05, 0) is 130 Å². The predicted molar refractivity (Wildman–Crippen MR) is 150 cm³/mol. The van der Waals surface area contributed by atoms with E-state index in [1.54, 1.807) is 5.57 Å². The van der Waals surface area contributed by atoms with Crippen molar-refractivity contribution in [3.8, 4) is 0 Å². The van der Waals surface area contributed by atoms with E-state index < -0.39 is 8.32 Å². The average Bonchev–Trinajstić information content (AvgIpc) is 3.10. The van der Waals surface area contributed by atoms with E-state index in [0.29, 0.717) is 22.0 Å². The molecule has 1 nitrogen and oxygen atoms in total. The van der Waals surface area contributed by atoms with Crippen molar-refractivity contribution in [2.75, 3.05) is 0 Å². The second-order valence-corrected chi connectivity index (χ2v) is 19.6. The zero-order chi connectivity index (χ0) is 24.9. The van der Waals surface area contributed by atoms with E-state index in [2.05, 4.69) is 79.8 Å². The van der Waals surface area contributed by atoms with Crippen LogP contribution in [0.2, 0.25) is 18.1 Å². The summed E-state index contributed by atoms with van der Waals surface area (Å²) in [6.07, 6.45) is 21.5. The number of fused-ring (bicyclic) bond motifs is 5. The van der Waals surface area contributed by atoms with Crippen LogP contribution in [0.3, 0.4) is 0 Å². The van der Waals surface area contributed by atoms with E-state index in [-0.39, 0.29) is 0 Å². The maximum Gasteiger partial charge on any atom is 0.192 e. The molecule has 0 radical (unpaired) electrons. The molecule has 0 heterocycles. The second-order valence-electron chi connectivity index (χ2n) is 14.9. The van der Waals surface area contributed by atoms with Crippen molar-refractivity contribution in [3.63, 3.8) is 0 Å². The van der Waals surface area contributed by atoms with Gasteiger partial charge in [-0.15, -0.1) is 0 Å². The highest BCUT2D eigenvalue weighted by Crippen LogP contribution is 2.67. The Balaban J connectivity index is 1.48. The van der Waals surface area contributed by atoms with Crippen molar-refractivity contribution in [1.29, 1.82) is 0 Å². The summed E-state index contributed by atoms with van der Waals surface area (Å²) in [7, 11) is -1.70. The molecule has 4 aliphatic carbocycles. The van der Waals surface area contributed by atoms with E-state index in [4.69, 9.17) is 4.43 Å². The molecule has 3 saturated carbocycles. The molecular weight excluding hydrogens is 428 g/mol. The van der Waals surface area contributed by atoms with Gasteiger partial charge in [0.25, 0.3) is 0 Å². The summed E-state index contributed by atoms with van der Waals surface area (Å²) in [5, 5.41) is 0.302. The van der Waals surface area contributed by atoms with E-state index in [0.717, 1.165) is 29.6 Å². The minimum Gasteiger partial charge on any atom is -0.414 e. The first-order valence-corrected chi connectivity index (χ1v) is 17.7. The fourth-order valence-electron chi connectivity index (χ4n) is 9.02. The van der Waals surface area contributed by atoms with E-state index in [9.17, 15) is 0 Å². The van der Waals surface area contributed by atoms with Gasteiger partial charge in [0.1, 0.15) is 0 Å². The Hall–Kier alpha value is -0.343. The highest BCUT2D eigenvalue weighted by atomic mass is 28.4. The first-order chi connectivity index (χ1) is 15.8. The van der Waals surface area contributed by atoms with Crippen LogP contribution in [-0.4, -0.2) is 14.4 Å². The van der Waals surface area contributed by atoms with Gasteiger partial charge in [-0.25, -0.2) is 0 Å². The monoisotopic (exact) mass is 484 g/mol. The number of rotatable bonds is 6. The summed E-state index contributed by atoms with van der Waals surface area (Å²) in [5.41, 5.74) is 2.80. The van der Waals surface area contributed by atoms with Gasteiger partial charge in [0.15, 0.2) is 8.32 Å². The zero-order valence-corrected chi connectivity index (χ0v) is 25.2. The molecule has 34 heavy (non-hydrogen) atoms. The molecule has 194 valence electrons. The van der Waals surface area contributed by atoms with Gasteiger partial charge >= 0.3 is 0 Å². The molecule has 3 fully saturated rings. The predicted octanol–water partition coefficient (Wildman–Crippen LogP) is 9.95. The van der Waals surface area contributed by atoms with E-state index in [1.165, 1.54) is 64.2 Å². The largest absolute Gasteiger partial charge is 0.414 e. The van der Waals surface area contributed by atoms with Crippen LogP contribution in [-0.2, 0) is 4.43 Å². The highest BCUT2D eigenvalue weighted by molar-refractivity contribution is 6.74. The van der Waals surface area contributed by atoms with E-state index >= 15 is 0 Å². The van der Waals surface area contributed by atoms with Gasteiger partial charge in [0.2, 0.25) is 0 Å². The van der Waals surface area contributed by atoms with Crippen LogP contribution in [0.25, 0.3) is 0 Å². The molecule has 4 rings (SSSR count). The third kappa shape index (κ3) is 4.57. The molecule has 0 spiro atoms. The standard InChI is InChI=1S/C32H56OSi/c1-10-11-12-13-23(2)27-16-17-28-26-15-14-24-22-25(33-34(8,9)30(3,4)5)18-20-31(24,6)29(26)19-21-32(27,28)7/h10-11,14,23,25-29H,12-13,15-22H2,1-9H3/b11-10-/t23-,25+,26+,27-,28+,29+,31+,32-/m1/s1. The summed E-state index contributed by atoms with van der Waals surface area (Å²) in [6, 6.07) is 0. The summed E-state index contributed by atoms with van der Waals surface area (Å²) in [6.45, 7) is 22.1. The van der Waals surface area contributed by atoms with Crippen molar-refractivity contribution in [2.45, 2.75) is 137 Å². The average molecular weight is 485 g/mol. The van der Waals surface area contributed by atoms with Gasteiger partial charge in [0, 0.05) is 6.10 Å². The Morgan fingerprint density at radius 3 is 2.50 bits per heavy atom. The van der Waals surface area contributed by atoms with Crippen molar-refractivity contribution >= 4 is 8.32 Å². The summed E-state index contributed by atoms with van der Waals surface area (Å²) in [5.74, 6) is 4.61. The van der Waals surface area contributed by atoms with Crippen LogP contribution in [0.5, 0.6) is 0 Å². The Morgan fingerprint density at radius 2 is 1.82 bits per heavy atom. The van der Waals surface area contributed by atoms with Crippen molar-refractivity contribution < 1.29 is 4.43 Å². The first-order valence-electron chi connectivity index (χ1n) is 14.8. The molecule has 0 aromatic carbocycles. The normalized spacial score (nSPS) is 41.6. The minimum absolute atomic E-state index is 0.302. The molecule has 4 aliphatic rings. The fraction of sp³-hybridized carbons (Fsp3) is 0.875. The van der Waals surface area contributed by atoms with Crippen molar-refractivity contribution in [2.24, 2.45) is 40.4 Å². The van der Waals surface area contributed by atoms with Crippen LogP contribution in [0.1, 0.15) is 113 Å². The fourth-order valence-corrected chi connectivity index (χ4v) is 10.4. The van der Waals surface area contributed by atoms with Crippen LogP contribution >= 0.6 is 0 Å². The summed E-state index contributed by atoms with van der Waals surface area (Å²) < 4.78 is 6.93. The van der Waals surface area contributed by atoms with Crippen LogP contribution < -0.4 is 0 Å². The lowest BCUT2D eigenvalue weighted by Gasteiger charge is -2.59. The SMILES string of the molecule is C/C=C\CC[C@@H](C)[C@H]1CC[C@H]2[C@@H]3CC=C4C[C@@H](O[Si](C)(C)C(C)(C)C)CC[C@]4(C)[C@H]3CC[C@]12C. The Bertz CT molecular complexity index is 787. The lowest BCUT2D eigenvalue weighted by molar-refractivity contribution is -0.0563. The maximum atomic E-state index is 6.93. The molecule has 8 atom stereocenters. The number of hydrogen-bond donors (Lipinski definition) is 0. The topological polar surface area (TPSA) is 9.23 Å². The quantitative estimate of drug-likeness (QED) is 0.269. The molecular formula is C32H56OSi. The van der Waals surface area contributed by atoms with E-state index in [1.807, 2.05) is 0 Å². The van der Waals surface area contributed by atoms with Crippen LogP contribution in [0.15, 0.2) is 23.8 Å². The van der Waals surface area contributed by atoms with Gasteiger partial charge in [-0.2, -0.15) is 0 Å². The molecule has 0 N–H and O–H groups in total.